The van der Waals surface area contributed by atoms with E-state index in [9.17, 15) is 14.9 Å². The number of nitro groups is 1. The number of aromatic nitrogens is 2. The van der Waals surface area contributed by atoms with E-state index in [4.69, 9.17) is 0 Å². The van der Waals surface area contributed by atoms with Gasteiger partial charge in [0.2, 0.25) is 5.91 Å². The highest BCUT2D eigenvalue weighted by Crippen LogP contribution is 2.22. The molecule has 24 heavy (non-hydrogen) atoms. The summed E-state index contributed by atoms with van der Waals surface area (Å²) in [7, 11) is 0. The van der Waals surface area contributed by atoms with Crippen LogP contribution in [-0.2, 0) is 11.3 Å². The Morgan fingerprint density at radius 2 is 2.00 bits per heavy atom. The van der Waals surface area contributed by atoms with Crippen LogP contribution in [0.4, 0.5) is 11.4 Å². The second kappa shape index (κ2) is 6.11. The molecule has 0 unspecified atom stereocenters. The smallest absolute Gasteiger partial charge is 0.274 e. The number of benzene rings is 2. The first-order valence-corrected chi connectivity index (χ1v) is 7.42. The fourth-order valence-corrected chi connectivity index (χ4v) is 2.62. The van der Waals surface area contributed by atoms with E-state index in [1.807, 2.05) is 35.8 Å². The number of rotatable bonds is 4. The van der Waals surface area contributed by atoms with Gasteiger partial charge in [-0.2, -0.15) is 0 Å². The van der Waals surface area contributed by atoms with Gasteiger partial charge in [0.1, 0.15) is 12.4 Å². The first-order chi connectivity index (χ1) is 11.5. The maximum Gasteiger partial charge on any atom is 0.274 e. The van der Waals surface area contributed by atoms with Crippen LogP contribution in [0.25, 0.3) is 11.0 Å². The van der Waals surface area contributed by atoms with Crippen molar-refractivity contribution in [2.75, 3.05) is 5.32 Å². The van der Waals surface area contributed by atoms with E-state index >= 15 is 0 Å². The lowest BCUT2D eigenvalue weighted by Gasteiger charge is -2.09. The number of anilines is 1. The van der Waals surface area contributed by atoms with Crippen LogP contribution in [-0.4, -0.2) is 20.4 Å². The SMILES string of the molecule is Cc1ccc(NC(=O)Cn2c(C)nc3ccccc32)cc1[N+](=O)[O-]. The molecule has 1 heterocycles. The highest BCUT2D eigenvalue weighted by atomic mass is 16.6. The van der Waals surface area contributed by atoms with Crippen molar-refractivity contribution in [3.8, 4) is 0 Å². The average molecular weight is 324 g/mol. The van der Waals surface area contributed by atoms with Crippen LogP contribution in [0.15, 0.2) is 42.5 Å². The van der Waals surface area contributed by atoms with Crippen molar-refractivity contribution in [3.63, 3.8) is 0 Å². The summed E-state index contributed by atoms with van der Waals surface area (Å²) < 4.78 is 1.81. The molecular formula is C17H16N4O3. The third kappa shape index (κ3) is 2.96. The van der Waals surface area contributed by atoms with Gasteiger partial charge in [0.15, 0.2) is 0 Å². The van der Waals surface area contributed by atoms with Crippen LogP contribution < -0.4 is 5.32 Å². The van der Waals surface area contributed by atoms with Crippen LogP contribution in [0.5, 0.6) is 0 Å². The van der Waals surface area contributed by atoms with Crippen molar-refractivity contribution in [2.24, 2.45) is 0 Å². The predicted octanol–water partition coefficient (Wildman–Crippen LogP) is 3.20. The average Bonchev–Trinajstić information content (AvgIpc) is 2.85. The normalized spacial score (nSPS) is 10.8. The number of fused-ring (bicyclic) bond motifs is 1. The lowest BCUT2D eigenvalue weighted by atomic mass is 10.2. The van der Waals surface area contributed by atoms with Crippen molar-refractivity contribution in [1.29, 1.82) is 0 Å². The van der Waals surface area contributed by atoms with Gasteiger partial charge in [-0.05, 0) is 32.0 Å². The van der Waals surface area contributed by atoms with Gasteiger partial charge in [-0.3, -0.25) is 14.9 Å². The van der Waals surface area contributed by atoms with Gasteiger partial charge in [-0.25, -0.2) is 4.98 Å². The molecule has 0 saturated carbocycles. The molecule has 0 aliphatic carbocycles. The van der Waals surface area contributed by atoms with Gasteiger partial charge in [-0.1, -0.05) is 18.2 Å². The zero-order chi connectivity index (χ0) is 17.3. The van der Waals surface area contributed by atoms with E-state index in [0.717, 1.165) is 16.9 Å². The van der Waals surface area contributed by atoms with Crippen LogP contribution >= 0.6 is 0 Å². The molecule has 3 aromatic rings. The molecule has 2 aromatic carbocycles. The largest absolute Gasteiger partial charge is 0.324 e. The van der Waals surface area contributed by atoms with E-state index in [1.54, 1.807) is 19.1 Å². The molecule has 0 bridgehead atoms. The standard InChI is InChI=1S/C17H16N4O3/c1-11-7-8-13(9-16(11)21(23)24)19-17(22)10-20-12(2)18-14-5-3-4-6-15(14)20/h3-9H,10H2,1-2H3,(H,19,22). The molecule has 0 aliphatic heterocycles. The number of nitrogens with zero attached hydrogens (tertiary/aromatic N) is 3. The first kappa shape index (κ1) is 15.7. The number of carbonyl (C=O) groups is 1. The number of para-hydroxylation sites is 2. The lowest BCUT2D eigenvalue weighted by Crippen LogP contribution is -2.19. The highest BCUT2D eigenvalue weighted by molar-refractivity contribution is 5.92. The van der Waals surface area contributed by atoms with Crippen LogP contribution in [0.3, 0.4) is 0 Å². The Bertz CT molecular complexity index is 946. The number of carbonyl (C=O) groups excluding carboxylic acids is 1. The number of nitrogens with one attached hydrogen (secondary N) is 1. The number of nitro benzene ring substituents is 1. The van der Waals surface area contributed by atoms with Crippen LogP contribution in [0.2, 0.25) is 0 Å². The minimum absolute atomic E-state index is 0.0166. The zero-order valence-corrected chi connectivity index (χ0v) is 13.3. The van der Waals surface area contributed by atoms with Gasteiger partial charge in [-0.15, -0.1) is 0 Å². The first-order valence-electron chi connectivity index (χ1n) is 7.42. The summed E-state index contributed by atoms with van der Waals surface area (Å²) in [4.78, 5) is 27.3. The summed E-state index contributed by atoms with van der Waals surface area (Å²) in [6, 6.07) is 12.2. The minimum atomic E-state index is -0.460. The molecule has 0 atom stereocenters. The molecule has 3 rings (SSSR count). The summed E-state index contributed by atoms with van der Waals surface area (Å²) >= 11 is 0. The highest BCUT2D eigenvalue weighted by Gasteiger charge is 2.14. The molecule has 1 aromatic heterocycles. The third-order valence-electron chi connectivity index (χ3n) is 3.84. The fraction of sp³-hybridized carbons (Fsp3) is 0.176. The number of aryl methyl sites for hydroxylation is 2. The van der Waals surface area contributed by atoms with E-state index < -0.39 is 4.92 Å². The minimum Gasteiger partial charge on any atom is -0.324 e. The maximum absolute atomic E-state index is 12.3. The molecule has 0 spiro atoms. The van der Waals surface area contributed by atoms with Crippen LogP contribution in [0, 0.1) is 24.0 Å². The monoisotopic (exact) mass is 324 g/mol. The van der Waals surface area contributed by atoms with E-state index in [-0.39, 0.29) is 18.1 Å². The molecule has 1 amide bonds. The predicted molar refractivity (Wildman–Crippen MR) is 90.9 cm³/mol. The van der Waals surface area contributed by atoms with Crippen molar-refractivity contribution in [1.82, 2.24) is 9.55 Å². The van der Waals surface area contributed by atoms with Crippen molar-refractivity contribution in [2.45, 2.75) is 20.4 Å². The van der Waals surface area contributed by atoms with Gasteiger partial charge in [0.25, 0.3) is 5.69 Å². The number of imidazole rings is 1. The topological polar surface area (TPSA) is 90.1 Å². The molecule has 7 nitrogen and oxygen atoms in total. The summed E-state index contributed by atoms with van der Waals surface area (Å²) in [6.07, 6.45) is 0. The Morgan fingerprint density at radius 3 is 2.75 bits per heavy atom. The maximum atomic E-state index is 12.3. The van der Waals surface area contributed by atoms with Gasteiger partial charge in [0, 0.05) is 17.3 Å². The van der Waals surface area contributed by atoms with E-state index in [1.165, 1.54) is 6.07 Å². The fourth-order valence-electron chi connectivity index (χ4n) is 2.62. The molecule has 0 fully saturated rings. The molecule has 7 heteroatoms. The molecule has 0 aliphatic rings. The van der Waals surface area contributed by atoms with Crippen molar-refractivity contribution in [3.05, 3.63) is 64.0 Å². The Labute approximate surface area is 138 Å². The second-order valence-corrected chi connectivity index (χ2v) is 5.54. The number of amides is 1. The lowest BCUT2D eigenvalue weighted by molar-refractivity contribution is -0.385. The molecule has 1 N–H and O–H groups in total. The second-order valence-electron chi connectivity index (χ2n) is 5.54. The summed E-state index contributed by atoms with van der Waals surface area (Å²) in [5.41, 5.74) is 2.64. The number of hydrogen-bond acceptors (Lipinski definition) is 4. The van der Waals surface area contributed by atoms with Gasteiger partial charge < -0.3 is 9.88 Å². The summed E-state index contributed by atoms with van der Waals surface area (Å²) in [5.74, 6) is 0.473. The van der Waals surface area contributed by atoms with Crippen molar-refractivity contribution >= 4 is 28.3 Å². The summed E-state index contributed by atoms with van der Waals surface area (Å²) in [6.45, 7) is 3.59. The van der Waals surface area contributed by atoms with Gasteiger partial charge in [0.05, 0.1) is 16.0 Å². The van der Waals surface area contributed by atoms with Gasteiger partial charge >= 0.3 is 0 Å². The molecule has 122 valence electrons. The molecule has 0 saturated heterocycles. The summed E-state index contributed by atoms with van der Waals surface area (Å²) in [5, 5.41) is 13.7. The van der Waals surface area contributed by atoms with Crippen LogP contribution in [0.1, 0.15) is 11.4 Å². The van der Waals surface area contributed by atoms with E-state index in [2.05, 4.69) is 10.3 Å². The Kier molecular flexibility index (Phi) is 3.99. The van der Waals surface area contributed by atoms with Crippen molar-refractivity contribution < 1.29 is 9.72 Å². The third-order valence-corrected chi connectivity index (χ3v) is 3.84. The zero-order valence-electron chi connectivity index (χ0n) is 13.3. The molecule has 0 radical (unpaired) electrons. The molecular weight excluding hydrogens is 308 g/mol. The Morgan fingerprint density at radius 1 is 1.25 bits per heavy atom. The quantitative estimate of drug-likeness (QED) is 0.589. The Balaban J connectivity index is 1.82. The van der Waals surface area contributed by atoms with E-state index in [0.29, 0.717) is 11.3 Å². The Hall–Kier alpha value is -3.22. The number of hydrogen-bond donors (Lipinski definition) is 1.